The van der Waals surface area contributed by atoms with Crippen LogP contribution in [-0.2, 0) is 24.4 Å². The molecule has 0 saturated heterocycles. The lowest BCUT2D eigenvalue weighted by Crippen LogP contribution is -2.35. The highest BCUT2D eigenvalue weighted by molar-refractivity contribution is 5.94. The molecular weight excluding hydrogens is 504 g/mol. The van der Waals surface area contributed by atoms with E-state index in [1.54, 1.807) is 36.5 Å². The van der Waals surface area contributed by atoms with Crippen molar-refractivity contribution < 1.29 is 4.79 Å². The molecule has 3 aromatic carbocycles. The highest BCUT2D eigenvalue weighted by atomic mass is 16.2. The lowest BCUT2D eigenvalue weighted by Gasteiger charge is -2.17. The normalized spacial score (nSPS) is 10.8. The van der Waals surface area contributed by atoms with Gasteiger partial charge >= 0.3 is 0 Å². The van der Waals surface area contributed by atoms with Crippen LogP contribution in [0.15, 0.2) is 83.8 Å². The van der Waals surface area contributed by atoms with Gasteiger partial charge in [-0.2, -0.15) is 0 Å². The summed E-state index contributed by atoms with van der Waals surface area (Å²) in [4.78, 5) is 30.9. The summed E-state index contributed by atoms with van der Waals surface area (Å²) in [6, 6.07) is 22.4. The Bertz CT molecular complexity index is 1550. The van der Waals surface area contributed by atoms with E-state index in [-0.39, 0.29) is 36.7 Å². The van der Waals surface area contributed by atoms with E-state index in [4.69, 9.17) is 16.9 Å². The third kappa shape index (κ3) is 7.25. The number of aromatic nitrogens is 2. The zero-order chi connectivity index (χ0) is 28.6. The van der Waals surface area contributed by atoms with E-state index in [0.717, 1.165) is 16.8 Å². The van der Waals surface area contributed by atoms with Gasteiger partial charge in [0, 0.05) is 41.6 Å². The Morgan fingerprint density at radius 2 is 1.70 bits per heavy atom. The van der Waals surface area contributed by atoms with Gasteiger partial charge in [0.1, 0.15) is 12.4 Å². The molecule has 10 nitrogen and oxygen atoms in total. The molecule has 0 aliphatic heterocycles. The highest BCUT2D eigenvalue weighted by Gasteiger charge is 2.16. The van der Waals surface area contributed by atoms with Crippen molar-refractivity contribution in [1.82, 2.24) is 14.9 Å². The predicted molar refractivity (Wildman–Crippen MR) is 160 cm³/mol. The standard InChI is InChI=1S/C30H34N8O2/c1-19(2)37-29-30(40)38(18-27(39)35-16-21-8-10-22(11-9-21)28(32)33)26(17-36-29)23-12-24(31)14-25(13-23)34-15-20-6-4-3-5-7-20/h3-14,17,19,34H,15-16,18,31H2,1-2H3,(H3,32,33)(H,35,39)(H,36,37). The largest absolute Gasteiger partial charge is 0.399 e. The van der Waals surface area contributed by atoms with Crippen molar-refractivity contribution in [3.63, 3.8) is 0 Å². The molecular formula is C30H34N8O2. The second kappa shape index (κ2) is 12.6. The Morgan fingerprint density at radius 1 is 1.00 bits per heavy atom. The number of carbonyl (C=O) groups excluding carboxylic acids is 1. The average Bonchev–Trinajstić information content (AvgIpc) is 2.93. The molecule has 1 heterocycles. The molecule has 4 aromatic rings. The van der Waals surface area contributed by atoms with Gasteiger partial charge in [-0.1, -0.05) is 54.6 Å². The summed E-state index contributed by atoms with van der Waals surface area (Å²) in [7, 11) is 0. The molecule has 0 spiro atoms. The van der Waals surface area contributed by atoms with Crippen molar-refractivity contribution in [3.8, 4) is 11.3 Å². The number of nitrogen functional groups attached to an aromatic ring is 2. The maximum Gasteiger partial charge on any atom is 0.294 e. The van der Waals surface area contributed by atoms with E-state index in [1.165, 1.54) is 4.57 Å². The Morgan fingerprint density at radius 3 is 2.38 bits per heavy atom. The van der Waals surface area contributed by atoms with E-state index in [9.17, 15) is 9.59 Å². The molecule has 0 aliphatic rings. The van der Waals surface area contributed by atoms with Crippen LogP contribution in [0, 0.1) is 5.41 Å². The first-order valence-corrected chi connectivity index (χ1v) is 12.9. The molecule has 0 atom stereocenters. The molecule has 8 N–H and O–H groups in total. The topological polar surface area (TPSA) is 164 Å². The monoisotopic (exact) mass is 538 g/mol. The van der Waals surface area contributed by atoms with Gasteiger partial charge in [0.2, 0.25) is 5.91 Å². The van der Waals surface area contributed by atoms with Gasteiger partial charge in [-0.05, 0) is 43.2 Å². The number of hydrogen-bond acceptors (Lipinski definition) is 7. The van der Waals surface area contributed by atoms with E-state index >= 15 is 0 Å². The van der Waals surface area contributed by atoms with Crippen molar-refractivity contribution in [2.45, 2.75) is 39.5 Å². The number of nitrogens with zero attached hydrogens (tertiary/aromatic N) is 2. The Kier molecular flexibility index (Phi) is 8.80. The van der Waals surface area contributed by atoms with Gasteiger partial charge in [-0.25, -0.2) is 4.98 Å². The maximum atomic E-state index is 13.5. The lowest BCUT2D eigenvalue weighted by molar-refractivity contribution is -0.121. The fraction of sp³-hybridized carbons (Fsp3) is 0.200. The van der Waals surface area contributed by atoms with E-state index in [0.29, 0.717) is 29.1 Å². The molecule has 1 aromatic heterocycles. The van der Waals surface area contributed by atoms with Crippen molar-refractivity contribution in [2.24, 2.45) is 5.73 Å². The third-order valence-electron chi connectivity index (χ3n) is 6.13. The lowest BCUT2D eigenvalue weighted by atomic mass is 10.1. The average molecular weight is 539 g/mol. The molecule has 206 valence electrons. The number of nitrogens with one attached hydrogen (secondary N) is 4. The van der Waals surface area contributed by atoms with Gasteiger partial charge in [-0.15, -0.1) is 0 Å². The Hall–Kier alpha value is -5.12. The van der Waals surface area contributed by atoms with Gasteiger partial charge in [0.15, 0.2) is 5.82 Å². The number of carbonyl (C=O) groups is 1. The summed E-state index contributed by atoms with van der Waals surface area (Å²) in [6.07, 6.45) is 1.58. The van der Waals surface area contributed by atoms with Crippen LogP contribution in [0.5, 0.6) is 0 Å². The minimum Gasteiger partial charge on any atom is -0.399 e. The van der Waals surface area contributed by atoms with Crippen LogP contribution < -0.4 is 33.0 Å². The number of nitrogens with two attached hydrogens (primary N) is 2. The van der Waals surface area contributed by atoms with E-state index < -0.39 is 5.56 Å². The van der Waals surface area contributed by atoms with Gasteiger partial charge < -0.3 is 27.4 Å². The van der Waals surface area contributed by atoms with Crippen molar-refractivity contribution in [2.75, 3.05) is 16.4 Å². The smallest absolute Gasteiger partial charge is 0.294 e. The molecule has 0 unspecified atom stereocenters. The first-order valence-electron chi connectivity index (χ1n) is 12.9. The number of rotatable bonds is 11. The minimum atomic E-state index is -0.409. The van der Waals surface area contributed by atoms with Gasteiger partial charge in [0.25, 0.3) is 5.56 Å². The molecule has 1 amide bonds. The van der Waals surface area contributed by atoms with Crippen LogP contribution in [0.3, 0.4) is 0 Å². The number of hydrogen-bond donors (Lipinski definition) is 6. The molecule has 0 saturated carbocycles. The third-order valence-corrected chi connectivity index (χ3v) is 6.13. The Labute approximate surface area is 233 Å². The number of amidine groups is 1. The maximum absolute atomic E-state index is 13.5. The van der Waals surface area contributed by atoms with Crippen molar-refractivity contribution in [3.05, 3.63) is 106 Å². The fourth-order valence-electron chi connectivity index (χ4n) is 4.15. The predicted octanol–water partition coefficient (Wildman–Crippen LogP) is 3.53. The first-order chi connectivity index (χ1) is 19.2. The van der Waals surface area contributed by atoms with Crippen LogP contribution in [-0.4, -0.2) is 27.3 Å². The summed E-state index contributed by atoms with van der Waals surface area (Å²) in [5, 5.41) is 16.8. The van der Waals surface area contributed by atoms with Crippen molar-refractivity contribution >= 4 is 28.9 Å². The van der Waals surface area contributed by atoms with E-state index in [2.05, 4.69) is 20.9 Å². The van der Waals surface area contributed by atoms with Gasteiger partial charge in [0.05, 0.1) is 11.9 Å². The minimum absolute atomic E-state index is 0.0209. The zero-order valence-electron chi connectivity index (χ0n) is 22.6. The molecule has 0 radical (unpaired) electrons. The molecule has 4 rings (SSSR count). The highest BCUT2D eigenvalue weighted by Crippen LogP contribution is 2.26. The SMILES string of the molecule is CC(C)Nc1ncc(-c2cc(N)cc(NCc3ccccc3)c2)n(CC(=O)NCc2ccc(C(=N)N)cc2)c1=O. The molecule has 10 heteroatoms. The molecule has 0 fully saturated rings. The molecule has 40 heavy (non-hydrogen) atoms. The second-order valence-electron chi connectivity index (χ2n) is 9.75. The summed E-state index contributed by atoms with van der Waals surface area (Å²) >= 11 is 0. The van der Waals surface area contributed by atoms with E-state index in [1.807, 2.05) is 56.3 Å². The summed E-state index contributed by atoms with van der Waals surface area (Å²) in [6.45, 7) is 4.46. The van der Waals surface area contributed by atoms with Crippen LogP contribution in [0.25, 0.3) is 11.3 Å². The van der Waals surface area contributed by atoms with Crippen molar-refractivity contribution in [1.29, 1.82) is 5.41 Å². The van der Waals surface area contributed by atoms with Crippen LogP contribution in [0.4, 0.5) is 17.2 Å². The molecule has 0 aliphatic carbocycles. The Balaban J connectivity index is 1.59. The van der Waals surface area contributed by atoms with Crippen LogP contribution >= 0.6 is 0 Å². The summed E-state index contributed by atoms with van der Waals surface area (Å²) in [5.74, 6) is -0.198. The van der Waals surface area contributed by atoms with Gasteiger partial charge in [-0.3, -0.25) is 19.6 Å². The molecule has 0 bridgehead atoms. The zero-order valence-corrected chi connectivity index (χ0v) is 22.6. The quantitative estimate of drug-likeness (QED) is 0.0966. The first kappa shape index (κ1) is 27.9. The number of anilines is 3. The summed E-state index contributed by atoms with van der Waals surface area (Å²) < 4.78 is 1.40. The van der Waals surface area contributed by atoms with Crippen LogP contribution in [0.2, 0.25) is 0 Å². The summed E-state index contributed by atoms with van der Waals surface area (Å²) in [5.41, 5.74) is 16.3. The number of benzene rings is 3. The van der Waals surface area contributed by atoms with Crippen LogP contribution in [0.1, 0.15) is 30.5 Å². The second-order valence-corrected chi connectivity index (χ2v) is 9.75. The fourth-order valence-corrected chi connectivity index (χ4v) is 4.15. The number of amides is 1.